The number of nitrogens with zero attached hydrogens (tertiary/aromatic N) is 6. The Balaban J connectivity index is 1.57. The summed E-state index contributed by atoms with van der Waals surface area (Å²) in [7, 11) is 0. The molecule has 1 aliphatic heterocycles. The number of aromatic nitrogens is 4. The number of hydrogen-bond acceptors (Lipinski definition) is 9. The minimum absolute atomic E-state index is 0.149. The molecule has 0 radical (unpaired) electrons. The van der Waals surface area contributed by atoms with Gasteiger partial charge in [0.25, 0.3) is 0 Å². The molecule has 0 aliphatic carbocycles. The normalized spacial score (nSPS) is 17.1. The van der Waals surface area contributed by atoms with E-state index in [1.807, 2.05) is 18.2 Å². The van der Waals surface area contributed by atoms with Gasteiger partial charge in [-0.25, -0.2) is 9.97 Å². The smallest absolute Gasteiger partial charge is 0.206 e. The molecule has 2 aromatic heterocycles. The molecule has 1 saturated heterocycles. The second-order valence-electron chi connectivity index (χ2n) is 8.02. The first-order valence-electron chi connectivity index (χ1n) is 10.9. The Morgan fingerprint density at radius 2 is 1.97 bits per heavy atom. The van der Waals surface area contributed by atoms with Crippen molar-refractivity contribution >= 4 is 17.3 Å². The molecule has 1 fully saturated rings. The first-order chi connectivity index (χ1) is 15.9. The van der Waals surface area contributed by atoms with Crippen LogP contribution in [-0.4, -0.2) is 62.2 Å². The number of aromatic hydroxyl groups is 1. The van der Waals surface area contributed by atoms with Crippen molar-refractivity contribution in [1.29, 1.82) is 0 Å². The summed E-state index contributed by atoms with van der Waals surface area (Å²) in [5.74, 6) is 7.18. The van der Waals surface area contributed by atoms with Gasteiger partial charge in [0.15, 0.2) is 5.82 Å². The molecule has 0 spiro atoms. The zero-order chi connectivity index (χ0) is 23.4. The Bertz CT molecular complexity index is 1190. The second-order valence-corrected chi connectivity index (χ2v) is 8.02. The van der Waals surface area contributed by atoms with Crippen LogP contribution in [0.5, 0.6) is 5.75 Å². The van der Waals surface area contributed by atoms with Gasteiger partial charge in [-0.2, -0.15) is 0 Å². The van der Waals surface area contributed by atoms with E-state index in [4.69, 9.17) is 5.73 Å². The fourth-order valence-electron chi connectivity index (χ4n) is 3.85. The Kier molecular flexibility index (Phi) is 6.56. The van der Waals surface area contributed by atoms with Gasteiger partial charge in [0, 0.05) is 37.4 Å². The Labute approximate surface area is 192 Å². The van der Waals surface area contributed by atoms with Crippen molar-refractivity contribution in [3.05, 3.63) is 48.4 Å². The number of nitrogens with two attached hydrogens (primary N) is 1. The highest BCUT2D eigenvalue weighted by atomic mass is 16.3. The van der Waals surface area contributed by atoms with Crippen LogP contribution < -0.4 is 15.5 Å². The number of para-hydroxylation sites is 1. The van der Waals surface area contributed by atoms with Gasteiger partial charge in [-0.15, -0.1) is 10.2 Å². The van der Waals surface area contributed by atoms with Crippen molar-refractivity contribution < 1.29 is 10.2 Å². The van der Waals surface area contributed by atoms with E-state index in [2.05, 4.69) is 48.7 Å². The largest absolute Gasteiger partial charge is 0.507 e. The Morgan fingerprint density at radius 1 is 1.15 bits per heavy atom. The van der Waals surface area contributed by atoms with E-state index in [9.17, 15) is 10.2 Å². The van der Waals surface area contributed by atoms with Gasteiger partial charge in [0.05, 0.1) is 11.4 Å². The molecule has 9 heteroatoms. The molecule has 170 valence electrons. The summed E-state index contributed by atoms with van der Waals surface area (Å²) in [5.41, 5.74) is 8.18. The summed E-state index contributed by atoms with van der Waals surface area (Å²) in [5, 5.41) is 27.9. The lowest BCUT2D eigenvalue weighted by molar-refractivity contribution is 0.253. The summed E-state index contributed by atoms with van der Waals surface area (Å²) >= 11 is 0. The third-order valence-electron chi connectivity index (χ3n) is 5.61. The van der Waals surface area contributed by atoms with Gasteiger partial charge in [-0.3, -0.25) is 0 Å². The number of hydrogen-bond donors (Lipinski definition) is 3. The quantitative estimate of drug-likeness (QED) is 0.520. The molecule has 4 N–H and O–H groups in total. The third-order valence-corrected chi connectivity index (χ3v) is 5.61. The Hall–Kier alpha value is -3.90. The van der Waals surface area contributed by atoms with Crippen molar-refractivity contribution in [3.63, 3.8) is 0 Å². The van der Waals surface area contributed by atoms with Crippen LogP contribution in [0.4, 0.5) is 17.3 Å². The molecule has 3 aromatic rings. The maximum Gasteiger partial charge on any atom is 0.206 e. The SMILES string of the molecule is C[C@@H](O)C#Cc1nccc(N2CCN(c3cc(-c4ccccc4O)nnc3N)CC[C@@H]2C)n1. The zero-order valence-electron chi connectivity index (χ0n) is 18.7. The van der Waals surface area contributed by atoms with Crippen molar-refractivity contribution in [1.82, 2.24) is 20.2 Å². The molecule has 0 saturated carbocycles. The molecule has 1 aliphatic rings. The van der Waals surface area contributed by atoms with Crippen molar-refractivity contribution in [3.8, 4) is 28.8 Å². The zero-order valence-corrected chi connectivity index (χ0v) is 18.7. The highest BCUT2D eigenvalue weighted by Crippen LogP contribution is 2.32. The Morgan fingerprint density at radius 3 is 2.76 bits per heavy atom. The standard InChI is InChI=1S/C24H27N7O2/c1-16-10-12-30(13-14-31(16)23-9-11-26-22(27-23)8-7-17(2)32)20-15-19(28-29-24(20)25)18-5-3-4-6-21(18)33/h3-6,9,11,15-17,32-33H,10,12-14H2,1-2H3,(H2,25,29)/t16-,17+/m0/s1. The number of benzene rings is 1. The lowest BCUT2D eigenvalue weighted by Gasteiger charge is -2.28. The van der Waals surface area contributed by atoms with Gasteiger partial charge in [0.2, 0.25) is 5.82 Å². The summed E-state index contributed by atoms with van der Waals surface area (Å²) in [6.07, 6.45) is 1.84. The second kappa shape index (κ2) is 9.71. The van der Waals surface area contributed by atoms with E-state index in [0.29, 0.717) is 29.4 Å². The highest BCUT2D eigenvalue weighted by Gasteiger charge is 2.24. The van der Waals surface area contributed by atoms with Crippen LogP contribution in [0.1, 0.15) is 26.1 Å². The van der Waals surface area contributed by atoms with Gasteiger partial charge in [-0.1, -0.05) is 18.1 Å². The molecule has 4 rings (SSSR count). The van der Waals surface area contributed by atoms with Gasteiger partial charge in [-0.05, 0) is 50.5 Å². The average molecular weight is 446 g/mol. The van der Waals surface area contributed by atoms with Gasteiger partial charge in [0.1, 0.15) is 17.7 Å². The lowest BCUT2D eigenvalue weighted by Crippen LogP contribution is -2.35. The molecule has 9 nitrogen and oxygen atoms in total. The van der Waals surface area contributed by atoms with E-state index < -0.39 is 6.10 Å². The summed E-state index contributed by atoms with van der Waals surface area (Å²) in [6, 6.07) is 11.0. The minimum atomic E-state index is -0.731. The van der Waals surface area contributed by atoms with Gasteiger partial charge < -0.3 is 25.7 Å². The maximum absolute atomic E-state index is 10.2. The van der Waals surface area contributed by atoms with Crippen LogP contribution in [0, 0.1) is 11.8 Å². The number of anilines is 3. The molecule has 0 amide bonds. The van der Waals surface area contributed by atoms with Gasteiger partial charge >= 0.3 is 0 Å². The van der Waals surface area contributed by atoms with E-state index >= 15 is 0 Å². The predicted molar refractivity (Wildman–Crippen MR) is 128 cm³/mol. The lowest BCUT2D eigenvalue weighted by atomic mass is 10.1. The molecule has 33 heavy (non-hydrogen) atoms. The highest BCUT2D eigenvalue weighted by molar-refractivity contribution is 5.74. The van der Waals surface area contributed by atoms with Crippen LogP contribution >= 0.6 is 0 Å². The molecular weight excluding hydrogens is 418 g/mol. The van der Waals surface area contributed by atoms with E-state index in [1.165, 1.54) is 0 Å². The fraction of sp³-hybridized carbons (Fsp3) is 0.333. The first kappa shape index (κ1) is 22.3. The van der Waals surface area contributed by atoms with E-state index in [0.717, 1.165) is 31.0 Å². The topological polar surface area (TPSA) is 125 Å². The molecular formula is C24H27N7O2. The van der Waals surface area contributed by atoms with Crippen LogP contribution in [0.2, 0.25) is 0 Å². The van der Waals surface area contributed by atoms with Crippen LogP contribution in [0.3, 0.4) is 0 Å². The van der Waals surface area contributed by atoms with Crippen LogP contribution in [0.25, 0.3) is 11.3 Å². The minimum Gasteiger partial charge on any atom is -0.507 e. The van der Waals surface area contributed by atoms with Crippen LogP contribution in [0.15, 0.2) is 42.6 Å². The fourth-order valence-corrected chi connectivity index (χ4v) is 3.85. The molecule has 0 unspecified atom stereocenters. The molecule has 1 aromatic carbocycles. The number of phenols is 1. The summed E-state index contributed by atoms with van der Waals surface area (Å²) in [4.78, 5) is 13.2. The van der Waals surface area contributed by atoms with Crippen molar-refractivity contribution in [2.45, 2.75) is 32.4 Å². The number of aliphatic hydroxyl groups is 1. The predicted octanol–water partition coefficient (Wildman–Crippen LogP) is 2.06. The number of nitrogen functional groups attached to an aromatic ring is 1. The molecule has 2 atom stereocenters. The first-order valence-corrected chi connectivity index (χ1v) is 10.9. The maximum atomic E-state index is 10.2. The van der Waals surface area contributed by atoms with Crippen molar-refractivity contribution in [2.24, 2.45) is 0 Å². The molecule has 3 heterocycles. The van der Waals surface area contributed by atoms with Crippen LogP contribution in [-0.2, 0) is 0 Å². The number of aliphatic hydroxyl groups excluding tert-OH is 1. The summed E-state index contributed by atoms with van der Waals surface area (Å²) < 4.78 is 0. The monoisotopic (exact) mass is 445 g/mol. The number of phenolic OH excluding ortho intramolecular Hbond substituents is 1. The third kappa shape index (κ3) is 5.13. The number of rotatable bonds is 3. The summed E-state index contributed by atoms with van der Waals surface area (Å²) in [6.45, 7) is 5.97. The van der Waals surface area contributed by atoms with Crippen molar-refractivity contribution in [2.75, 3.05) is 35.2 Å². The molecule has 0 bridgehead atoms. The van der Waals surface area contributed by atoms with E-state index in [-0.39, 0.29) is 11.8 Å². The van der Waals surface area contributed by atoms with E-state index in [1.54, 1.807) is 31.3 Å². The average Bonchev–Trinajstić information content (AvgIpc) is 3.00.